The Balaban J connectivity index is 1.17. The van der Waals surface area contributed by atoms with Gasteiger partial charge in [-0.15, -0.1) is 0 Å². The number of hydrogen-bond donors (Lipinski definition) is 2. The number of likely N-dealkylation sites (tertiary alicyclic amines) is 2. The van der Waals surface area contributed by atoms with E-state index >= 15 is 0 Å². The summed E-state index contributed by atoms with van der Waals surface area (Å²) < 4.78 is 11.3. The lowest BCUT2D eigenvalue weighted by molar-refractivity contribution is 0.0208. The maximum Gasteiger partial charge on any atom is 0.410 e. The summed E-state index contributed by atoms with van der Waals surface area (Å²) in [4.78, 5) is 45.5. The van der Waals surface area contributed by atoms with Crippen molar-refractivity contribution < 1.29 is 19.1 Å². The van der Waals surface area contributed by atoms with Gasteiger partial charge in [0.2, 0.25) is 0 Å². The molecule has 0 spiro atoms. The van der Waals surface area contributed by atoms with E-state index in [0.717, 1.165) is 70.7 Å². The number of imidazole rings is 2. The van der Waals surface area contributed by atoms with Crippen molar-refractivity contribution in [1.29, 1.82) is 0 Å². The van der Waals surface area contributed by atoms with E-state index in [1.54, 1.807) is 9.80 Å². The van der Waals surface area contributed by atoms with Crippen molar-refractivity contribution in [2.24, 2.45) is 0 Å². The number of benzene rings is 2. The minimum atomic E-state index is -0.541. The number of aromatic amines is 2. The molecule has 6 rings (SSSR count). The lowest BCUT2D eigenvalue weighted by atomic mass is 10.0. The molecule has 232 valence electrons. The van der Waals surface area contributed by atoms with Gasteiger partial charge in [-0.1, -0.05) is 30.3 Å². The SMILES string of the molecule is CC(C)(C)OC(=O)N1CCCC1c1ncc(-c2ccc(-c3ccc4nc([C@@H]5CCCN5C(=O)OC(C)(C)C)[nH]c4c3)cc2)[nH]1. The number of rotatable bonds is 4. The van der Waals surface area contributed by atoms with Crippen LogP contribution in [0.1, 0.15) is 91.0 Å². The number of nitrogens with one attached hydrogen (secondary N) is 2. The van der Waals surface area contributed by atoms with Crippen LogP contribution in [0, 0.1) is 0 Å². The fourth-order valence-corrected chi connectivity index (χ4v) is 6.04. The van der Waals surface area contributed by atoms with E-state index in [1.165, 1.54) is 0 Å². The van der Waals surface area contributed by atoms with Crippen molar-refractivity contribution in [2.45, 2.75) is 90.5 Å². The molecule has 2 fully saturated rings. The van der Waals surface area contributed by atoms with Crippen LogP contribution in [0.2, 0.25) is 0 Å². The zero-order valence-corrected chi connectivity index (χ0v) is 26.4. The van der Waals surface area contributed by atoms with Gasteiger partial charge in [-0.3, -0.25) is 9.80 Å². The highest BCUT2D eigenvalue weighted by molar-refractivity contribution is 5.82. The lowest BCUT2D eigenvalue weighted by Crippen LogP contribution is -2.36. The van der Waals surface area contributed by atoms with Gasteiger partial charge in [0.1, 0.15) is 22.9 Å². The molecular formula is C34H42N6O4. The van der Waals surface area contributed by atoms with E-state index < -0.39 is 11.2 Å². The first-order chi connectivity index (χ1) is 20.8. The molecule has 4 aromatic rings. The number of hydrogen-bond acceptors (Lipinski definition) is 6. The highest BCUT2D eigenvalue weighted by Gasteiger charge is 2.36. The van der Waals surface area contributed by atoms with Crippen molar-refractivity contribution in [2.75, 3.05) is 13.1 Å². The molecule has 0 bridgehead atoms. The summed E-state index contributed by atoms with van der Waals surface area (Å²) in [7, 11) is 0. The standard InChI is InChI=1S/C34H42N6O4/c1-33(2,3)43-31(41)39-17-7-9-27(39)29-35-20-26(38-29)22-13-11-21(12-14-22)23-15-16-24-25(19-23)37-30(36-24)28-10-8-18-40(28)32(42)44-34(4,5)6/h11-16,19-20,27-28H,7-10,17-18H2,1-6H3,(H,35,38)(H,36,37)/t27?,28-/m0/s1. The normalized spacial score (nSPS) is 19.1. The van der Waals surface area contributed by atoms with E-state index in [9.17, 15) is 9.59 Å². The molecule has 2 N–H and O–H groups in total. The minimum absolute atomic E-state index is 0.121. The molecule has 0 radical (unpaired) electrons. The second kappa shape index (κ2) is 11.3. The summed E-state index contributed by atoms with van der Waals surface area (Å²) in [5.74, 6) is 1.57. The molecule has 2 saturated heterocycles. The van der Waals surface area contributed by atoms with Gasteiger partial charge in [0, 0.05) is 13.1 Å². The van der Waals surface area contributed by atoms with Crippen LogP contribution in [0.5, 0.6) is 0 Å². The monoisotopic (exact) mass is 598 g/mol. The van der Waals surface area contributed by atoms with Gasteiger partial charge < -0.3 is 19.4 Å². The molecule has 2 atom stereocenters. The van der Waals surface area contributed by atoms with Crippen LogP contribution < -0.4 is 0 Å². The molecule has 10 heteroatoms. The molecule has 0 aliphatic carbocycles. The molecule has 44 heavy (non-hydrogen) atoms. The van der Waals surface area contributed by atoms with Gasteiger partial charge in [0.05, 0.1) is 35.0 Å². The number of carbonyl (C=O) groups is 2. The predicted molar refractivity (Wildman–Crippen MR) is 169 cm³/mol. The quantitative estimate of drug-likeness (QED) is 0.248. The molecular weight excluding hydrogens is 556 g/mol. The Labute approximate surface area is 258 Å². The minimum Gasteiger partial charge on any atom is -0.444 e. The van der Waals surface area contributed by atoms with E-state index in [4.69, 9.17) is 14.5 Å². The molecule has 1 unspecified atom stereocenters. The molecule has 10 nitrogen and oxygen atoms in total. The topological polar surface area (TPSA) is 116 Å². The lowest BCUT2D eigenvalue weighted by Gasteiger charge is -2.27. The average molecular weight is 599 g/mol. The highest BCUT2D eigenvalue weighted by atomic mass is 16.6. The fraction of sp³-hybridized carbons (Fsp3) is 0.471. The van der Waals surface area contributed by atoms with Crippen LogP contribution in [0.25, 0.3) is 33.4 Å². The van der Waals surface area contributed by atoms with Gasteiger partial charge in [-0.05, 0) is 96.0 Å². The number of fused-ring (bicyclic) bond motifs is 1. The molecule has 0 saturated carbocycles. The Morgan fingerprint density at radius 3 is 1.89 bits per heavy atom. The third-order valence-electron chi connectivity index (χ3n) is 8.02. The highest BCUT2D eigenvalue weighted by Crippen LogP contribution is 2.35. The van der Waals surface area contributed by atoms with Crippen molar-refractivity contribution in [3.63, 3.8) is 0 Å². The Hall–Kier alpha value is -4.34. The molecule has 2 amide bonds. The maximum absolute atomic E-state index is 12.8. The second-order valence-electron chi connectivity index (χ2n) is 13.8. The zero-order chi connectivity index (χ0) is 31.2. The van der Waals surface area contributed by atoms with Crippen LogP contribution >= 0.6 is 0 Å². The van der Waals surface area contributed by atoms with Crippen molar-refractivity contribution >= 4 is 23.2 Å². The first-order valence-corrected chi connectivity index (χ1v) is 15.5. The van der Waals surface area contributed by atoms with Gasteiger partial charge in [0.25, 0.3) is 0 Å². The van der Waals surface area contributed by atoms with Crippen LogP contribution in [-0.2, 0) is 9.47 Å². The molecule has 2 aliphatic heterocycles. The van der Waals surface area contributed by atoms with Crippen molar-refractivity contribution in [3.8, 4) is 22.4 Å². The molecule has 2 aliphatic rings. The first-order valence-electron chi connectivity index (χ1n) is 15.5. The number of nitrogens with zero attached hydrogens (tertiary/aromatic N) is 4. The molecule has 2 aromatic heterocycles. The van der Waals surface area contributed by atoms with Gasteiger partial charge >= 0.3 is 12.2 Å². The summed E-state index contributed by atoms with van der Waals surface area (Å²) >= 11 is 0. The number of ether oxygens (including phenoxy) is 2. The van der Waals surface area contributed by atoms with E-state index in [0.29, 0.717) is 13.1 Å². The Morgan fingerprint density at radius 1 is 0.750 bits per heavy atom. The van der Waals surface area contributed by atoms with Crippen LogP contribution in [0.3, 0.4) is 0 Å². The van der Waals surface area contributed by atoms with Crippen LogP contribution in [0.15, 0.2) is 48.7 Å². The summed E-state index contributed by atoms with van der Waals surface area (Å²) in [6.07, 6.45) is 4.77. The first kappa shape index (κ1) is 29.7. The van der Waals surface area contributed by atoms with Crippen LogP contribution in [-0.4, -0.2) is 66.2 Å². The van der Waals surface area contributed by atoms with Gasteiger partial charge in [-0.25, -0.2) is 19.6 Å². The Kier molecular flexibility index (Phi) is 7.63. The summed E-state index contributed by atoms with van der Waals surface area (Å²) in [6, 6.07) is 14.3. The number of aromatic nitrogens is 4. The number of amides is 2. The van der Waals surface area contributed by atoms with Crippen molar-refractivity contribution in [3.05, 3.63) is 60.3 Å². The summed E-state index contributed by atoms with van der Waals surface area (Å²) in [6.45, 7) is 12.6. The van der Waals surface area contributed by atoms with Gasteiger partial charge in [-0.2, -0.15) is 0 Å². The Morgan fingerprint density at radius 2 is 1.30 bits per heavy atom. The molecule has 2 aromatic carbocycles. The average Bonchev–Trinajstić information content (AvgIpc) is 3.76. The van der Waals surface area contributed by atoms with E-state index in [-0.39, 0.29) is 24.3 Å². The Bertz CT molecular complexity index is 1660. The third-order valence-corrected chi connectivity index (χ3v) is 8.02. The smallest absolute Gasteiger partial charge is 0.410 e. The van der Waals surface area contributed by atoms with E-state index in [2.05, 4.69) is 51.4 Å². The summed E-state index contributed by atoms with van der Waals surface area (Å²) in [5, 5.41) is 0. The summed E-state index contributed by atoms with van der Waals surface area (Å²) in [5.41, 5.74) is 4.79. The predicted octanol–water partition coefficient (Wildman–Crippen LogP) is 7.76. The van der Waals surface area contributed by atoms with Crippen molar-refractivity contribution in [1.82, 2.24) is 29.7 Å². The van der Waals surface area contributed by atoms with E-state index in [1.807, 2.05) is 53.8 Å². The fourth-order valence-electron chi connectivity index (χ4n) is 6.04. The zero-order valence-electron chi connectivity index (χ0n) is 26.4. The number of carbonyl (C=O) groups excluding carboxylic acids is 2. The second-order valence-corrected chi connectivity index (χ2v) is 13.8. The maximum atomic E-state index is 12.8. The molecule has 4 heterocycles. The largest absolute Gasteiger partial charge is 0.444 e. The van der Waals surface area contributed by atoms with Gasteiger partial charge in [0.15, 0.2) is 0 Å². The van der Waals surface area contributed by atoms with Crippen LogP contribution in [0.4, 0.5) is 9.59 Å². The number of H-pyrrole nitrogens is 2. The third kappa shape index (κ3) is 6.30.